The quantitative estimate of drug-likeness (QED) is 0.731. The molecule has 2 heterocycles. The summed E-state index contributed by atoms with van der Waals surface area (Å²) >= 11 is 11.9. The standard InChI is InChI=1S/C17H12Cl2N4O/c18-11-3-1-10(2-4-11)17(24)23-15-6-5-13(16(20)22-15)12-7-8-21-9-14(12)19/h1-9H,(H3,20,22,23,24). The van der Waals surface area contributed by atoms with Gasteiger partial charge in [-0.3, -0.25) is 9.78 Å². The minimum Gasteiger partial charge on any atom is -0.383 e. The fourth-order valence-electron chi connectivity index (χ4n) is 2.16. The monoisotopic (exact) mass is 358 g/mol. The smallest absolute Gasteiger partial charge is 0.256 e. The van der Waals surface area contributed by atoms with Gasteiger partial charge in [-0.15, -0.1) is 0 Å². The summed E-state index contributed by atoms with van der Waals surface area (Å²) in [6.45, 7) is 0. The van der Waals surface area contributed by atoms with E-state index < -0.39 is 0 Å². The molecule has 3 aromatic rings. The number of hydrogen-bond donors (Lipinski definition) is 2. The van der Waals surface area contributed by atoms with Crippen molar-refractivity contribution in [3.63, 3.8) is 0 Å². The fraction of sp³-hybridized carbons (Fsp3) is 0. The van der Waals surface area contributed by atoms with Gasteiger partial charge in [-0.2, -0.15) is 0 Å². The average Bonchev–Trinajstić information content (AvgIpc) is 2.56. The first kappa shape index (κ1) is 16.2. The Bertz CT molecular complexity index is 897. The van der Waals surface area contributed by atoms with Crippen LogP contribution in [0.4, 0.5) is 11.6 Å². The summed E-state index contributed by atoms with van der Waals surface area (Å²) < 4.78 is 0. The highest BCUT2D eigenvalue weighted by Gasteiger charge is 2.11. The van der Waals surface area contributed by atoms with Crippen LogP contribution < -0.4 is 11.1 Å². The number of hydrogen-bond acceptors (Lipinski definition) is 4. The number of nitrogens with zero attached hydrogens (tertiary/aromatic N) is 2. The minimum absolute atomic E-state index is 0.261. The number of pyridine rings is 2. The molecule has 120 valence electrons. The lowest BCUT2D eigenvalue weighted by Gasteiger charge is -2.10. The van der Waals surface area contributed by atoms with Crippen molar-refractivity contribution in [1.29, 1.82) is 0 Å². The van der Waals surface area contributed by atoms with Gasteiger partial charge in [-0.1, -0.05) is 23.2 Å². The van der Waals surface area contributed by atoms with E-state index in [0.29, 0.717) is 27.0 Å². The van der Waals surface area contributed by atoms with Gasteiger partial charge in [0.25, 0.3) is 5.91 Å². The van der Waals surface area contributed by atoms with E-state index in [1.807, 2.05) is 0 Å². The molecule has 0 bridgehead atoms. The van der Waals surface area contributed by atoms with Crippen LogP contribution in [0.25, 0.3) is 11.1 Å². The second-order valence-corrected chi connectivity index (χ2v) is 5.79. The highest BCUT2D eigenvalue weighted by Crippen LogP contribution is 2.31. The maximum absolute atomic E-state index is 12.2. The number of benzene rings is 1. The molecule has 24 heavy (non-hydrogen) atoms. The molecule has 0 aliphatic carbocycles. The van der Waals surface area contributed by atoms with Gasteiger partial charge in [0, 0.05) is 34.1 Å². The van der Waals surface area contributed by atoms with Crippen molar-refractivity contribution in [2.75, 3.05) is 11.1 Å². The van der Waals surface area contributed by atoms with Crippen molar-refractivity contribution in [2.45, 2.75) is 0 Å². The van der Waals surface area contributed by atoms with Gasteiger partial charge in [0.1, 0.15) is 11.6 Å². The number of halogens is 2. The SMILES string of the molecule is Nc1nc(NC(=O)c2ccc(Cl)cc2)ccc1-c1ccncc1Cl. The molecule has 7 heteroatoms. The first-order valence-electron chi connectivity index (χ1n) is 6.98. The Balaban J connectivity index is 1.84. The van der Waals surface area contributed by atoms with Crippen LogP contribution >= 0.6 is 23.2 Å². The topological polar surface area (TPSA) is 80.9 Å². The Kier molecular flexibility index (Phi) is 4.64. The zero-order chi connectivity index (χ0) is 17.1. The van der Waals surface area contributed by atoms with Gasteiger partial charge in [0.15, 0.2) is 0 Å². The molecule has 0 aliphatic rings. The Hall–Kier alpha value is -2.63. The van der Waals surface area contributed by atoms with Gasteiger partial charge >= 0.3 is 0 Å². The van der Waals surface area contributed by atoms with Crippen LogP contribution in [-0.2, 0) is 0 Å². The fourth-order valence-corrected chi connectivity index (χ4v) is 2.50. The Labute approximate surface area is 148 Å². The van der Waals surface area contributed by atoms with Gasteiger partial charge in [-0.25, -0.2) is 4.98 Å². The molecular formula is C17H12Cl2N4O. The molecule has 0 fully saturated rings. The Morgan fingerprint density at radius 1 is 1.00 bits per heavy atom. The lowest BCUT2D eigenvalue weighted by atomic mass is 10.1. The van der Waals surface area contributed by atoms with Crippen LogP contribution in [0.15, 0.2) is 54.9 Å². The highest BCUT2D eigenvalue weighted by atomic mass is 35.5. The third-order valence-electron chi connectivity index (χ3n) is 3.34. The van der Waals surface area contributed by atoms with E-state index in [4.69, 9.17) is 28.9 Å². The van der Waals surface area contributed by atoms with Gasteiger partial charge in [-0.05, 0) is 42.5 Å². The number of nitrogens with two attached hydrogens (primary N) is 1. The van der Waals surface area contributed by atoms with Gasteiger partial charge in [0.2, 0.25) is 0 Å². The van der Waals surface area contributed by atoms with Crippen molar-refractivity contribution >= 4 is 40.7 Å². The number of amides is 1. The largest absolute Gasteiger partial charge is 0.383 e. The minimum atomic E-state index is -0.298. The van der Waals surface area contributed by atoms with Crippen LogP contribution in [0.2, 0.25) is 10.0 Å². The number of carbonyl (C=O) groups excluding carboxylic acids is 1. The summed E-state index contributed by atoms with van der Waals surface area (Å²) in [5, 5.41) is 3.73. The second-order valence-electron chi connectivity index (χ2n) is 4.95. The molecule has 0 spiro atoms. The number of carbonyl (C=O) groups is 1. The van der Waals surface area contributed by atoms with E-state index in [-0.39, 0.29) is 11.7 Å². The molecule has 5 nitrogen and oxygen atoms in total. The second kappa shape index (κ2) is 6.86. The van der Waals surface area contributed by atoms with E-state index in [1.165, 1.54) is 6.20 Å². The number of rotatable bonds is 3. The average molecular weight is 359 g/mol. The predicted octanol–water partition coefficient (Wildman–Crippen LogP) is 4.28. The van der Waals surface area contributed by atoms with Crippen LogP contribution in [0.3, 0.4) is 0 Å². The van der Waals surface area contributed by atoms with Crippen molar-refractivity contribution in [3.05, 3.63) is 70.5 Å². The normalized spacial score (nSPS) is 10.4. The summed E-state index contributed by atoms with van der Waals surface area (Å²) in [5.41, 5.74) is 7.87. The summed E-state index contributed by atoms with van der Waals surface area (Å²) in [5.74, 6) is 0.312. The zero-order valence-electron chi connectivity index (χ0n) is 12.3. The first-order chi connectivity index (χ1) is 11.5. The van der Waals surface area contributed by atoms with E-state index in [2.05, 4.69) is 15.3 Å². The van der Waals surface area contributed by atoms with Crippen LogP contribution in [0.5, 0.6) is 0 Å². The molecule has 3 rings (SSSR count). The molecule has 0 saturated carbocycles. The van der Waals surface area contributed by atoms with Crippen molar-refractivity contribution in [3.8, 4) is 11.1 Å². The van der Waals surface area contributed by atoms with Gasteiger partial charge < -0.3 is 11.1 Å². The number of nitrogen functional groups attached to an aromatic ring is 1. The molecule has 0 saturated heterocycles. The first-order valence-corrected chi connectivity index (χ1v) is 7.73. The number of nitrogens with one attached hydrogen (secondary N) is 1. The highest BCUT2D eigenvalue weighted by molar-refractivity contribution is 6.33. The van der Waals surface area contributed by atoms with Gasteiger partial charge in [0.05, 0.1) is 5.02 Å². The van der Waals surface area contributed by atoms with Crippen LogP contribution in [0.1, 0.15) is 10.4 Å². The molecular weight excluding hydrogens is 347 g/mol. The lowest BCUT2D eigenvalue weighted by Crippen LogP contribution is -2.13. The molecule has 0 unspecified atom stereocenters. The van der Waals surface area contributed by atoms with Crippen molar-refractivity contribution < 1.29 is 4.79 Å². The van der Waals surface area contributed by atoms with Crippen LogP contribution in [0, 0.1) is 0 Å². The molecule has 0 atom stereocenters. The molecule has 1 aromatic carbocycles. The third-order valence-corrected chi connectivity index (χ3v) is 3.89. The Morgan fingerprint density at radius 3 is 2.42 bits per heavy atom. The maximum Gasteiger partial charge on any atom is 0.256 e. The zero-order valence-corrected chi connectivity index (χ0v) is 13.8. The maximum atomic E-state index is 12.2. The van der Waals surface area contributed by atoms with Crippen molar-refractivity contribution in [1.82, 2.24) is 9.97 Å². The molecule has 1 amide bonds. The van der Waals surface area contributed by atoms with Crippen molar-refractivity contribution in [2.24, 2.45) is 0 Å². The summed E-state index contributed by atoms with van der Waals surface area (Å²) in [7, 11) is 0. The van der Waals surface area contributed by atoms with E-state index in [9.17, 15) is 4.79 Å². The van der Waals surface area contributed by atoms with E-state index in [1.54, 1.807) is 48.7 Å². The lowest BCUT2D eigenvalue weighted by molar-refractivity contribution is 0.102. The molecule has 2 aromatic heterocycles. The summed E-state index contributed by atoms with van der Waals surface area (Å²) in [4.78, 5) is 20.3. The predicted molar refractivity (Wildman–Crippen MR) is 96.3 cm³/mol. The Morgan fingerprint density at radius 2 is 1.75 bits per heavy atom. The van der Waals surface area contributed by atoms with Crippen LogP contribution in [-0.4, -0.2) is 15.9 Å². The summed E-state index contributed by atoms with van der Waals surface area (Å²) in [6.07, 6.45) is 3.16. The van der Waals surface area contributed by atoms with E-state index >= 15 is 0 Å². The van der Waals surface area contributed by atoms with E-state index in [0.717, 1.165) is 5.56 Å². The number of aromatic nitrogens is 2. The molecule has 3 N–H and O–H groups in total. The molecule has 0 radical (unpaired) electrons. The summed E-state index contributed by atoms with van der Waals surface area (Å²) in [6, 6.07) is 11.7. The third kappa shape index (κ3) is 3.48. The number of anilines is 2. The molecule has 0 aliphatic heterocycles.